The summed E-state index contributed by atoms with van der Waals surface area (Å²) in [4.78, 5) is 0.289. The lowest BCUT2D eigenvalue weighted by Crippen LogP contribution is -2.25. The Hall–Kier alpha value is -2.44. The Morgan fingerprint density at radius 3 is 2.33 bits per heavy atom. The van der Waals surface area contributed by atoms with E-state index in [0.29, 0.717) is 13.0 Å². The third-order valence-corrected chi connectivity index (χ3v) is 5.23. The summed E-state index contributed by atoms with van der Waals surface area (Å²) in [5.74, 6) is 0. The molecule has 0 atom stereocenters. The molecule has 124 valence electrons. The zero-order valence-electron chi connectivity index (χ0n) is 13.4. The fraction of sp³-hybridized carbons (Fsp3) is 0.167. The quantitative estimate of drug-likeness (QED) is 0.749. The molecule has 0 aliphatic rings. The first-order chi connectivity index (χ1) is 11.5. The van der Waals surface area contributed by atoms with Gasteiger partial charge in [-0.3, -0.25) is 4.68 Å². The third kappa shape index (κ3) is 3.90. The maximum atomic E-state index is 12.1. The van der Waals surface area contributed by atoms with Crippen LogP contribution in [-0.2, 0) is 23.5 Å². The van der Waals surface area contributed by atoms with Gasteiger partial charge in [-0.25, -0.2) is 13.1 Å². The van der Waals surface area contributed by atoms with Gasteiger partial charge in [0.2, 0.25) is 10.0 Å². The van der Waals surface area contributed by atoms with Crippen molar-refractivity contribution in [1.29, 1.82) is 0 Å². The maximum Gasteiger partial charge on any atom is 0.240 e. The summed E-state index contributed by atoms with van der Waals surface area (Å²) in [6.07, 6.45) is 4.42. The van der Waals surface area contributed by atoms with E-state index in [9.17, 15) is 8.42 Å². The Morgan fingerprint density at radius 1 is 1.00 bits per heavy atom. The van der Waals surface area contributed by atoms with Crippen molar-refractivity contribution in [2.75, 3.05) is 6.54 Å². The van der Waals surface area contributed by atoms with Crippen LogP contribution in [0.15, 0.2) is 71.9 Å². The first-order valence-corrected chi connectivity index (χ1v) is 9.15. The second kappa shape index (κ2) is 6.98. The predicted octanol–water partition coefficient (Wildman–Crippen LogP) is 2.61. The van der Waals surface area contributed by atoms with Crippen LogP contribution in [-0.4, -0.2) is 24.7 Å². The number of aromatic nitrogens is 2. The lowest BCUT2D eigenvalue weighted by Gasteiger charge is -2.07. The van der Waals surface area contributed by atoms with Crippen molar-refractivity contribution >= 4 is 10.0 Å². The van der Waals surface area contributed by atoms with E-state index in [1.54, 1.807) is 35.0 Å². The minimum Gasteiger partial charge on any atom is -0.275 e. The Bertz CT molecular complexity index is 901. The zero-order valence-corrected chi connectivity index (χ0v) is 14.2. The minimum absolute atomic E-state index is 0.289. The highest BCUT2D eigenvalue weighted by Gasteiger charge is 2.12. The number of hydrogen-bond acceptors (Lipinski definition) is 3. The molecule has 0 fully saturated rings. The minimum atomic E-state index is -3.44. The fourth-order valence-corrected chi connectivity index (χ4v) is 3.50. The van der Waals surface area contributed by atoms with Crippen LogP contribution in [0.5, 0.6) is 0 Å². The summed E-state index contributed by atoms with van der Waals surface area (Å²) in [5.41, 5.74) is 3.24. The number of aryl methyl sites for hydroxylation is 1. The Kier molecular flexibility index (Phi) is 4.78. The molecule has 6 heteroatoms. The molecule has 0 saturated carbocycles. The molecule has 1 N–H and O–H groups in total. The lowest BCUT2D eigenvalue weighted by molar-refractivity contribution is 0.581. The average molecular weight is 341 g/mol. The van der Waals surface area contributed by atoms with E-state index >= 15 is 0 Å². The van der Waals surface area contributed by atoms with E-state index in [4.69, 9.17) is 0 Å². The normalized spacial score (nSPS) is 11.5. The summed E-state index contributed by atoms with van der Waals surface area (Å²) in [6, 6.07) is 16.5. The second-order valence-electron chi connectivity index (χ2n) is 5.56. The van der Waals surface area contributed by atoms with Gasteiger partial charge in [-0.15, -0.1) is 0 Å². The molecule has 3 rings (SSSR count). The molecule has 0 saturated heterocycles. The topological polar surface area (TPSA) is 64.0 Å². The molecule has 1 heterocycles. The van der Waals surface area contributed by atoms with Gasteiger partial charge in [-0.2, -0.15) is 5.10 Å². The van der Waals surface area contributed by atoms with E-state index in [-0.39, 0.29) is 4.90 Å². The van der Waals surface area contributed by atoms with E-state index < -0.39 is 10.0 Å². The van der Waals surface area contributed by atoms with Crippen LogP contribution in [0.25, 0.3) is 11.1 Å². The van der Waals surface area contributed by atoms with Gasteiger partial charge in [0, 0.05) is 25.4 Å². The maximum absolute atomic E-state index is 12.1. The third-order valence-electron chi connectivity index (χ3n) is 3.75. The van der Waals surface area contributed by atoms with Crippen molar-refractivity contribution < 1.29 is 8.42 Å². The number of nitrogens with one attached hydrogen (secondary N) is 1. The molecule has 0 spiro atoms. The molecule has 0 unspecified atom stereocenters. The van der Waals surface area contributed by atoms with Gasteiger partial charge >= 0.3 is 0 Å². The highest BCUT2D eigenvalue weighted by Crippen LogP contribution is 2.18. The predicted molar refractivity (Wildman–Crippen MR) is 94.0 cm³/mol. The van der Waals surface area contributed by atoms with Crippen LogP contribution in [0.1, 0.15) is 5.56 Å². The molecule has 0 aliphatic heterocycles. The summed E-state index contributed by atoms with van der Waals surface area (Å²) in [6.45, 7) is 0.365. The Balaban J connectivity index is 1.59. The summed E-state index contributed by atoms with van der Waals surface area (Å²) in [5, 5.41) is 4.16. The number of benzene rings is 2. The SMILES string of the molecule is Cn1cc(-c2ccc(CCNS(=O)(=O)c3ccccc3)cc2)cn1. The average Bonchev–Trinajstić information content (AvgIpc) is 3.03. The smallest absolute Gasteiger partial charge is 0.240 e. The second-order valence-corrected chi connectivity index (χ2v) is 7.33. The van der Waals surface area contributed by atoms with Crippen molar-refractivity contribution in [2.24, 2.45) is 7.05 Å². The summed E-state index contributed by atoms with van der Waals surface area (Å²) < 4.78 is 28.7. The van der Waals surface area contributed by atoms with Crippen LogP contribution in [0, 0.1) is 0 Å². The van der Waals surface area contributed by atoms with Gasteiger partial charge in [0.1, 0.15) is 0 Å². The van der Waals surface area contributed by atoms with Gasteiger partial charge in [-0.1, -0.05) is 42.5 Å². The van der Waals surface area contributed by atoms with Crippen molar-refractivity contribution in [1.82, 2.24) is 14.5 Å². The molecular weight excluding hydrogens is 322 g/mol. The molecule has 0 bridgehead atoms. The molecule has 3 aromatic rings. The van der Waals surface area contributed by atoms with Crippen LogP contribution in [0.4, 0.5) is 0 Å². The number of rotatable bonds is 6. The Labute approximate surface area is 142 Å². The molecule has 2 aromatic carbocycles. The van der Waals surface area contributed by atoms with E-state index in [2.05, 4.69) is 9.82 Å². The molecule has 1 aromatic heterocycles. The van der Waals surface area contributed by atoms with Gasteiger partial charge in [0.25, 0.3) is 0 Å². The first kappa shape index (κ1) is 16.4. The number of sulfonamides is 1. The van der Waals surface area contributed by atoms with Crippen LogP contribution < -0.4 is 4.72 Å². The zero-order chi connectivity index (χ0) is 17.0. The molecule has 0 aliphatic carbocycles. The van der Waals surface area contributed by atoms with Gasteiger partial charge in [-0.05, 0) is 29.7 Å². The van der Waals surface area contributed by atoms with E-state index in [1.165, 1.54) is 0 Å². The first-order valence-electron chi connectivity index (χ1n) is 7.67. The van der Waals surface area contributed by atoms with E-state index in [1.807, 2.05) is 43.7 Å². The Morgan fingerprint density at radius 2 is 1.71 bits per heavy atom. The highest BCUT2D eigenvalue weighted by molar-refractivity contribution is 7.89. The molecule has 5 nitrogen and oxygen atoms in total. The number of nitrogens with zero attached hydrogens (tertiary/aromatic N) is 2. The van der Waals surface area contributed by atoms with Crippen molar-refractivity contribution in [3.8, 4) is 11.1 Å². The van der Waals surface area contributed by atoms with Crippen molar-refractivity contribution in [2.45, 2.75) is 11.3 Å². The lowest BCUT2D eigenvalue weighted by atomic mass is 10.1. The summed E-state index contributed by atoms with van der Waals surface area (Å²) >= 11 is 0. The van der Waals surface area contributed by atoms with Crippen LogP contribution in [0.3, 0.4) is 0 Å². The van der Waals surface area contributed by atoms with Crippen LogP contribution in [0.2, 0.25) is 0 Å². The largest absolute Gasteiger partial charge is 0.275 e. The van der Waals surface area contributed by atoms with Gasteiger partial charge in [0.05, 0.1) is 11.1 Å². The van der Waals surface area contributed by atoms with Crippen LogP contribution >= 0.6 is 0 Å². The standard InChI is InChI=1S/C18H19N3O2S/c1-21-14-17(13-19-21)16-9-7-15(8-10-16)11-12-20-24(22,23)18-5-3-2-4-6-18/h2-10,13-14,20H,11-12H2,1H3. The number of hydrogen-bond donors (Lipinski definition) is 1. The molecule has 24 heavy (non-hydrogen) atoms. The summed E-state index contributed by atoms with van der Waals surface area (Å²) in [7, 11) is -1.55. The molecule has 0 amide bonds. The molecular formula is C18H19N3O2S. The van der Waals surface area contributed by atoms with E-state index in [0.717, 1.165) is 16.7 Å². The highest BCUT2D eigenvalue weighted by atomic mass is 32.2. The fourth-order valence-electron chi connectivity index (χ4n) is 2.45. The monoisotopic (exact) mass is 341 g/mol. The molecule has 0 radical (unpaired) electrons. The van der Waals surface area contributed by atoms with Gasteiger partial charge < -0.3 is 0 Å². The van der Waals surface area contributed by atoms with Crippen molar-refractivity contribution in [3.63, 3.8) is 0 Å². The van der Waals surface area contributed by atoms with Gasteiger partial charge in [0.15, 0.2) is 0 Å². The van der Waals surface area contributed by atoms with Crippen molar-refractivity contribution in [3.05, 3.63) is 72.6 Å².